The number of hydrogen-bond donors (Lipinski definition) is 2. The van der Waals surface area contributed by atoms with E-state index < -0.39 is 39.4 Å². The van der Waals surface area contributed by atoms with Crippen molar-refractivity contribution in [3.8, 4) is 0 Å². The van der Waals surface area contributed by atoms with Crippen molar-refractivity contribution in [1.29, 1.82) is 0 Å². The Labute approximate surface area is 216 Å². The van der Waals surface area contributed by atoms with E-state index in [2.05, 4.69) is 10.8 Å². The molecule has 1 atom stereocenters. The van der Waals surface area contributed by atoms with Crippen LogP contribution in [0.5, 0.6) is 0 Å². The molecule has 1 fully saturated rings. The first-order valence-electron chi connectivity index (χ1n) is 11.9. The van der Waals surface area contributed by atoms with Crippen LogP contribution in [0.15, 0.2) is 60.7 Å². The van der Waals surface area contributed by atoms with Crippen molar-refractivity contribution >= 4 is 27.9 Å². The molecule has 0 heterocycles. The third-order valence-electron chi connectivity index (χ3n) is 6.41. The third kappa shape index (κ3) is 8.38. The topological polar surface area (TPSA) is 137 Å². The highest BCUT2D eigenvalue weighted by Gasteiger charge is 2.44. The number of carbonyl (C=O) groups excluding carboxylic acids is 3. The van der Waals surface area contributed by atoms with Gasteiger partial charge in [0.25, 0.3) is 16.0 Å². The molecule has 37 heavy (non-hydrogen) atoms. The van der Waals surface area contributed by atoms with Crippen LogP contribution < -0.4 is 10.8 Å². The molecule has 1 aliphatic carbocycles. The summed E-state index contributed by atoms with van der Waals surface area (Å²) in [4.78, 5) is 44.0. The summed E-state index contributed by atoms with van der Waals surface area (Å²) in [5.41, 5.74) is 2.00. The summed E-state index contributed by atoms with van der Waals surface area (Å²) in [5.74, 6) is -2.01. The molecule has 0 bridgehead atoms. The van der Waals surface area contributed by atoms with Gasteiger partial charge in [-0.05, 0) is 43.4 Å². The number of benzene rings is 2. The largest absolute Gasteiger partial charge is 0.381 e. The number of rotatable bonds is 10. The Kier molecular flexibility index (Phi) is 9.79. The van der Waals surface area contributed by atoms with E-state index in [0.717, 1.165) is 11.8 Å². The first-order chi connectivity index (χ1) is 17.6. The molecule has 1 unspecified atom stereocenters. The highest BCUT2D eigenvalue weighted by Crippen LogP contribution is 2.38. The first-order valence-corrected chi connectivity index (χ1v) is 13.7. The van der Waals surface area contributed by atoms with Crippen molar-refractivity contribution in [3.63, 3.8) is 0 Å². The van der Waals surface area contributed by atoms with E-state index in [4.69, 9.17) is 13.8 Å². The second kappa shape index (κ2) is 12.8. The fourth-order valence-electron chi connectivity index (χ4n) is 4.21. The normalized spacial score (nSPS) is 20.4. The maximum atomic E-state index is 13.6. The second-order valence-corrected chi connectivity index (χ2v) is 10.8. The molecule has 0 radical (unpaired) electrons. The van der Waals surface area contributed by atoms with Gasteiger partial charge in [0.2, 0.25) is 5.91 Å². The lowest BCUT2D eigenvalue weighted by Gasteiger charge is -2.38. The van der Waals surface area contributed by atoms with Gasteiger partial charge in [-0.3, -0.25) is 13.8 Å². The summed E-state index contributed by atoms with van der Waals surface area (Å²) in [5, 5.41) is 2.73. The number of amides is 2. The van der Waals surface area contributed by atoms with E-state index in [-0.39, 0.29) is 19.1 Å². The maximum absolute atomic E-state index is 13.6. The van der Waals surface area contributed by atoms with E-state index in [1.807, 2.05) is 6.07 Å². The Bertz CT molecular complexity index is 1160. The van der Waals surface area contributed by atoms with Crippen LogP contribution in [0.3, 0.4) is 0 Å². The zero-order valence-electron chi connectivity index (χ0n) is 20.8. The van der Waals surface area contributed by atoms with Gasteiger partial charge >= 0.3 is 5.97 Å². The highest BCUT2D eigenvalue weighted by molar-refractivity contribution is 7.85. The van der Waals surface area contributed by atoms with Crippen LogP contribution in [0.1, 0.15) is 41.6 Å². The van der Waals surface area contributed by atoms with Crippen LogP contribution in [0.2, 0.25) is 0 Å². The van der Waals surface area contributed by atoms with E-state index >= 15 is 0 Å². The van der Waals surface area contributed by atoms with Gasteiger partial charge < -0.3 is 14.9 Å². The van der Waals surface area contributed by atoms with Crippen molar-refractivity contribution in [3.05, 3.63) is 71.8 Å². The van der Waals surface area contributed by atoms with E-state index in [1.165, 1.54) is 0 Å². The molecular weight excluding hydrogens is 500 g/mol. The molecule has 2 N–H and O–H groups in total. The summed E-state index contributed by atoms with van der Waals surface area (Å²) in [6, 6.07) is 16.1. The fourth-order valence-corrected chi connectivity index (χ4v) is 4.65. The Morgan fingerprint density at radius 3 is 2.16 bits per heavy atom. The van der Waals surface area contributed by atoms with Crippen LogP contribution in [0.4, 0.5) is 0 Å². The van der Waals surface area contributed by atoms with Gasteiger partial charge in [0.15, 0.2) is 0 Å². The molecule has 200 valence electrons. The first kappa shape index (κ1) is 28.3. The minimum absolute atomic E-state index is 0.0579. The van der Waals surface area contributed by atoms with Gasteiger partial charge in [0.05, 0.1) is 24.4 Å². The molecule has 2 aromatic carbocycles. The SMILES string of the molecule is COC1CCC(COS(C)(=O)=O)(C(=O)NC(Cc2ccccc2)C(=O)ONC(=O)c2ccccc2)CC1. The predicted molar refractivity (Wildman–Crippen MR) is 135 cm³/mol. The number of carbonyl (C=O) groups is 3. The van der Waals surface area contributed by atoms with Crippen LogP contribution in [-0.2, 0) is 39.9 Å². The van der Waals surface area contributed by atoms with Gasteiger partial charge in [-0.25, -0.2) is 4.79 Å². The minimum atomic E-state index is -3.80. The van der Waals surface area contributed by atoms with Crippen LogP contribution in [0, 0.1) is 5.41 Å². The number of methoxy groups -OCH3 is 1. The predicted octanol–water partition coefficient (Wildman–Crippen LogP) is 2.15. The van der Waals surface area contributed by atoms with Gasteiger partial charge in [-0.1, -0.05) is 48.5 Å². The summed E-state index contributed by atoms with van der Waals surface area (Å²) in [6.45, 7) is -0.355. The van der Waals surface area contributed by atoms with Crippen LogP contribution in [-0.4, -0.2) is 58.3 Å². The Morgan fingerprint density at radius 1 is 1.00 bits per heavy atom. The average molecular weight is 533 g/mol. The van der Waals surface area contributed by atoms with Crippen molar-refractivity contribution in [2.45, 2.75) is 44.2 Å². The molecular formula is C26H32N2O8S. The molecule has 0 spiro atoms. The number of hydroxylamine groups is 1. The van der Waals surface area contributed by atoms with Crippen molar-refractivity contribution in [1.82, 2.24) is 10.8 Å². The molecule has 11 heteroatoms. The zero-order valence-corrected chi connectivity index (χ0v) is 21.7. The van der Waals surface area contributed by atoms with E-state index in [1.54, 1.807) is 61.7 Å². The molecule has 0 aliphatic heterocycles. The lowest BCUT2D eigenvalue weighted by Crippen LogP contribution is -2.54. The highest BCUT2D eigenvalue weighted by atomic mass is 32.2. The Morgan fingerprint density at radius 2 is 1.59 bits per heavy atom. The fraction of sp³-hybridized carbons (Fsp3) is 0.423. The monoisotopic (exact) mass is 532 g/mol. The van der Waals surface area contributed by atoms with Gasteiger partial charge in [0, 0.05) is 19.1 Å². The minimum Gasteiger partial charge on any atom is -0.381 e. The zero-order chi connectivity index (χ0) is 26.9. The Balaban J connectivity index is 1.77. The molecule has 0 saturated heterocycles. The van der Waals surface area contributed by atoms with Crippen molar-refractivity contribution in [2.75, 3.05) is 20.0 Å². The number of nitrogens with one attached hydrogen (secondary N) is 2. The lowest BCUT2D eigenvalue weighted by molar-refractivity contribution is -0.155. The molecule has 3 rings (SSSR count). The maximum Gasteiger partial charge on any atom is 0.354 e. The average Bonchev–Trinajstić information content (AvgIpc) is 2.90. The summed E-state index contributed by atoms with van der Waals surface area (Å²) in [7, 11) is -2.22. The lowest BCUT2D eigenvalue weighted by atomic mass is 9.72. The van der Waals surface area contributed by atoms with E-state index in [0.29, 0.717) is 31.2 Å². The quantitative estimate of drug-likeness (QED) is 0.351. The second-order valence-electron chi connectivity index (χ2n) is 9.12. The molecule has 2 amide bonds. The molecule has 1 aliphatic rings. The summed E-state index contributed by atoms with van der Waals surface area (Å²) in [6.07, 6.45) is 2.63. The summed E-state index contributed by atoms with van der Waals surface area (Å²) >= 11 is 0. The smallest absolute Gasteiger partial charge is 0.354 e. The number of hydrogen-bond acceptors (Lipinski definition) is 8. The molecule has 0 aromatic heterocycles. The standard InChI is InChI=1S/C26H32N2O8S/c1-34-21-13-15-26(16-14-21,18-35-37(2,32)33)25(31)27-22(17-19-9-5-3-6-10-19)24(30)36-28-23(29)20-11-7-4-8-12-20/h3-12,21-22H,13-18H2,1-2H3,(H,27,31)(H,28,29). The third-order valence-corrected chi connectivity index (χ3v) is 6.95. The Hall–Kier alpha value is -3.28. The van der Waals surface area contributed by atoms with Crippen LogP contribution >= 0.6 is 0 Å². The molecule has 10 nitrogen and oxygen atoms in total. The van der Waals surface area contributed by atoms with Gasteiger partial charge in [-0.15, -0.1) is 0 Å². The van der Waals surface area contributed by atoms with Gasteiger partial charge in [0.1, 0.15) is 6.04 Å². The van der Waals surface area contributed by atoms with Crippen molar-refractivity contribution < 1.29 is 36.6 Å². The van der Waals surface area contributed by atoms with E-state index in [9.17, 15) is 22.8 Å². The van der Waals surface area contributed by atoms with Gasteiger partial charge in [-0.2, -0.15) is 13.9 Å². The molecule has 1 saturated carbocycles. The number of ether oxygens (including phenoxy) is 1. The van der Waals surface area contributed by atoms with Crippen LogP contribution in [0.25, 0.3) is 0 Å². The molecule has 2 aromatic rings. The summed E-state index contributed by atoms with van der Waals surface area (Å²) < 4.78 is 33.8. The van der Waals surface area contributed by atoms with Crippen molar-refractivity contribution in [2.24, 2.45) is 5.41 Å².